The Morgan fingerprint density at radius 2 is 1.34 bits per heavy atom. The second-order valence-electron chi connectivity index (χ2n) is 7.15. The number of thiocarbonyl (C=S) groups is 1. The molecule has 166 valence electrons. The highest BCUT2D eigenvalue weighted by Crippen LogP contribution is 2.14. The van der Waals surface area contributed by atoms with Crippen LogP contribution in [0, 0.1) is 0 Å². The molecule has 8 heteroatoms. The minimum atomic E-state index is -3.61. The van der Waals surface area contributed by atoms with Crippen molar-refractivity contribution in [3.05, 3.63) is 96.1 Å². The zero-order valence-corrected chi connectivity index (χ0v) is 19.1. The molecule has 0 aliphatic carbocycles. The molecule has 3 aromatic rings. The van der Waals surface area contributed by atoms with Crippen LogP contribution in [0.4, 0.5) is 5.69 Å². The third-order valence-corrected chi connectivity index (χ3v) is 6.39. The summed E-state index contributed by atoms with van der Waals surface area (Å²) in [5.74, 6) is -0.187. The number of carbonyl (C=O) groups excluding carboxylic acids is 1. The average molecular weight is 468 g/mol. The van der Waals surface area contributed by atoms with Crippen molar-refractivity contribution in [2.75, 3.05) is 11.9 Å². The highest BCUT2D eigenvalue weighted by molar-refractivity contribution is 7.89. The molecule has 0 aliphatic heterocycles. The summed E-state index contributed by atoms with van der Waals surface area (Å²) in [6.45, 7) is 0.311. The van der Waals surface area contributed by atoms with Crippen LogP contribution >= 0.6 is 12.2 Å². The number of benzene rings is 3. The zero-order chi connectivity index (χ0) is 22.8. The number of hydrogen-bond donors (Lipinski definition) is 3. The van der Waals surface area contributed by atoms with E-state index in [2.05, 4.69) is 15.4 Å². The van der Waals surface area contributed by atoms with Crippen molar-refractivity contribution in [1.29, 1.82) is 0 Å². The Kier molecular flexibility index (Phi) is 8.49. The van der Waals surface area contributed by atoms with Crippen LogP contribution in [0.25, 0.3) is 0 Å². The lowest BCUT2D eigenvalue weighted by atomic mass is 10.1. The van der Waals surface area contributed by atoms with Crippen LogP contribution in [0.3, 0.4) is 0 Å². The number of nitrogens with one attached hydrogen (secondary N) is 3. The second-order valence-corrected chi connectivity index (χ2v) is 9.32. The van der Waals surface area contributed by atoms with Crippen molar-refractivity contribution in [2.24, 2.45) is 0 Å². The van der Waals surface area contributed by atoms with E-state index in [1.54, 1.807) is 12.1 Å². The number of aryl methyl sites for hydroxylation is 1. The summed E-state index contributed by atoms with van der Waals surface area (Å²) in [6, 6.07) is 25.6. The fraction of sp³-hybridized carbons (Fsp3) is 0.167. The Morgan fingerprint density at radius 1 is 0.781 bits per heavy atom. The molecule has 3 aromatic carbocycles. The molecule has 0 heterocycles. The normalized spacial score (nSPS) is 11.0. The van der Waals surface area contributed by atoms with Crippen LogP contribution in [-0.2, 0) is 27.7 Å². The number of rotatable bonds is 9. The first-order chi connectivity index (χ1) is 15.4. The van der Waals surface area contributed by atoms with Crippen LogP contribution in [0.15, 0.2) is 89.8 Å². The molecular weight excluding hydrogens is 442 g/mol. The fourth-order valence-corrected chi connectivity index (χ4v) is 4.29. The molecule has 0 fully saturated rings. The second kappa shape index (κ2) is 11.5. The summed E-state index contributed by atoms with van der Waals surface area (Å²) in [6.07, 6.45) is 1.55. The third kappa shape index (κ3) is 7.56. The van der Waals surface area contributed by atoms with Gasteiger partial charge in [-0.15, -0.1) is 0 Å². The molecule has 32 heavy (non-hydrogen) atoms. The summed E-state index contributed by atoms with van der Waals surface area (Å²) < 4.78 is 27.6. The van der Waals surface area contributed by atoms with E-state index in [4.69, 9.17) is 12.2 Å². The number of anilines is 1. The van der Waals surface area contributed by atoms with E-state index in [0.717, 1.165) is 11.1 Å². The van der Waals surface area contributed by atoms with E-state index in [1.165, 1.54) is 12.1 Å². The molecule has 0 bridgehead atoms. The molecule has 6 nitrogen and oxygen atoms in total. The number of hydrogen-bond acceptors (Lipinski definition) is 4. The van der Waals surface area contributed by atoms with Gasteiger partial charge >= 0.3 is 0 Å². The van der Waals surface area contributed by atoms with Gasteiger partial charge in [-0.05, 0) is 60.5 Å². The van der Waals surface area contributed by atoms with E-state index in [-0.39, 0.29) is 15.9 Å². The SMILES string of the molecule is O=C(CCc1ccccc1)NC(=S)Nc1ccc(S(=O)(=O)NCCc2ccccc2)cc1. The number of amides is 1. The summed E-state index contributed by atoms with van der Waals surface area (Å²) in [7, 11) is -3.61. The van der Waals surface area contributed by atoms with Gasteiger partial charge in [0.1, 0.15) is 0 Å². The van der Waals surface area contributed by atoms with Crippen molar-refractivity contribution in [2.45, 2.75) is 24.2 Å². The topological polar surface area (TPSA) is 87.3 Å². The molecule has 0 aromatic heterocycles. The first-order valence-electron chi connectivity index (χ1n) is 10.2. The lowest BCUT2D eigenvalue weighted by Gasteiger charge is -2.11. The van der Waals surface area contributed by atoms with Crippen molar-refractivity contribution >= 4 is 38.9 Å². The van der Waals surface area contributed by atoms with Gasteiger partial charge in [-0.25, -0.2) is 13.1 Å². The Morgan fingerprint density at radius 3 is 1.94 bits per heavy atom. The maximum Gasteiger partial charge on any atom is 0.240 e. The van der Waals surface area contributed by atoms with Crippen molar-refractivity contribution < 1.29 is 13.2 Å². The molecule has 3 rings (SSSR count). The molecule has 0 aliphatic rings. The zero-order valence-electron chi connectivity index (χ0n) is 17.5. The summed E-state index contributed by atoms with van der Waals surface area (Å²) >= 11 is 5.18. The van der Waals surface area contributed by atoms with E-state index in [1.807, 2.05) is 60.7 Å². The fourth-order valence-electron chi connectivity index (χ4n) is 3.03. The Balaban J connectivity index is 1.45. The average Bonchev–Trinajstić information content (AvgIpc) is 2.79. The van der Waals surface area contributed by atoms with Crippen LogP contribution < -0.4 is 15.4 Å². The molecule has 1 amide bonds. The highest BCUT2D eigenvalue weighted by Gasteiger charge is 2.13. The first-order valence-corrected chi connectivity index (χ1v) is 12.1. The van der Waals surface area contributed by atoms with E-state index < -0.39 is 10.0 Å². The lowest BCUT2D eigenvalue weighted by molar-refractivity contribution is -0.119. The van der Waals surface area contributed by atoms with E-state index in [9.17, 15) is 13.2 Å². The molecular formula is C24H25N3O3S2. The molecule has 0 saturated heterocycles. The van der Waals surface area contributed by atoms with Gasteiger partial charge in [0.2, 0.25) is 15.9 Å². The van der Waals surface area contributed by atoms with Gasteiger partial charge in [0, 0.05) is 18.7 Å². The molecule has 0 spiro atoms. The third-order valence-electron chi connectivity index (χ3n) is 4.71. The predicted molar refractivity (Wildman–Crippen MR) is 131 cm³/mol. The smallest absolute Gasteiger partial charge is 0.240 e. The van der Waals surface area contributed by atoms with Crippen molar-refractivity contribution in [3.63, 3.8) is 0 Å². The van der Waals surface area contributed by atoms with E-state index in [0.29, 0.717) is 31.5 Å². The van der Waals surface area contributed by atoms with Crippen molar-refractivity contribution in [1.82, 2.24) is 10.0 Å². The molecule has 0 atom stereocenters. The molecule has 3 N–H and O–H groups in total. The minimum absolute atomic E-state index is 0.161. The van der Waals surface area contributed by atoms with Gasteiger partial charge in [0.05, 0.1) is 4.90 Å². The quantitative estimate of drug-likeness (QED) is 0.418. The Bertz CT molecular complexity index is 1130. The van der Waals surface area contributed by atoms with Gasteiger partial charge in [-0.1, -0.05) is 60.7 Å². The molecule has 0 saturated carbocycles. The largest absolute Gasteiger partial charge is 0.332 e. The maximum absolute atomic E-state index is 12.5. The highest BCUT2D eigenvalue weighted by atomic mass is 32.2. The van der Waals surface area contributed by atoms with Crippen LogP contribution in [0.1, 0.15) is 17.5 Å². The van der Waals surface area contributed by atoms with Gasteiger partial charge in [-0.3, -0.25) is 4.79 Å². The van der Waals surface area contributed by atoms with Gasteiger partial charge < -0.3 is 10.6 Å². The Hall–Kier alpha value is -3.07. The molecule has 0 unspecified atom stereocenters. The summed E-state index contributed by atoms with van der Waals surface area (Å²) in [5.41, 5.74) is 2.73. The van der Waals surface area contributed by atoms with Crippen molar-refractivity contribution in [3.8, 4) is 0 Å². The first kappa shape index (κ1) is 23.6. The monoisotopic (exact) mass is 467 g/mol. The molecule has 0 radical (unpaired) electrons. The maximum atomic E-state index is 12.5. The Labute approximate surface area is 194 Å². The minimum Gasteiger partial charge on any atom is -0.332 e. The summed E-state index contributed by atoms with van der Waals surface area (Å²) in [4.78, 5) is 12.2. The summed E-state index contributed by atoms with van der Waals surface area (Å²) in [5, 5.41) is 5.70. The van der Waals surface area contributed by atoms with E-state index >= 15 is 0 Å². The van der Waals surface area contributed by atoms with Gasteiger partial charge in [0.25, 0.3) is 0 Å². The number of carbonyl (C=O) groups is 1. The predicted octanol–water partition coefficient (Wildman–Crippen LogP) is 3.65. The van der Waals surface area contributed by atoms with Crippen LogP contribution in [-0.4, -0.2) is 26.0 Å². The number of sulfonamides is 1. The van der Waals surface area contributed by atoms with Gasteiger partial charge in [-0.2, -0.15) is 0 Å². The lowest BCUT2D eigenvalue weighted by Crippen LogP contribution is -2.34. The van der Waals surface area contributed by atoms with Crippen LogP contribution in [0.2, 0.25) is 0 Å². The standard InChI is InChI=1S/C24H25N3O3S2/c28-23(16-11-19-7-3-1-4-8-19)27-24(31)26-21-12-14-22(15-13-21)32(29,30)25-18-17-20-9-5-2-6-10-20/h1-10,12-15,25H,11,16-18H2,(H2,26,27,28,31). The van der Waals surface area contributed by atoms with Crippen LogP contribution in [0.5, 0.6) is 0 Å². The van der Waals surface area contributed by atoms with Gasteiger partial charge in [0.15, 0.2) is 5.11 Å².